The van der Waals surface area contributed by atoms with E-state index < -0.39 is 0 Å². The summed E-state index contributed by atoms with van der Waals surface area (Å²) in [5, 5.41) is 0. The smallest absolute Gasteiger partial charge is 0.236 e. The van der Waals surface area contributed by atoms with Crippen LogP contribution in [0.15, 0.2) is 0 Å². The van der Waals surface area contributed by atoms with Gasteiger partial charge in [0.1, 0.15) is 0 Å². The van der Waals surface area contributed by atoms with E-state index in [1.807, 2.05) is 25.8 Å². The SMILES string of the molecule is CC(C)N(C)C(=O)CN1CCCC(CN)C1.Cl. The predicted molar refractivity (Wildman–Crippen MR) is 73.4 cm³/mol. The number of rotatable bonds is 4. The van der Waals surface area contributed by atoms with E-state index in [2.05, 4.69) is 4.90 Å². The highest BCUT2D eigenvalue weighted by molar-refractivity contribution is 5.85. The molecule has 1 unspecified atom stereocenters. The van der Waals surface area contributed by atoms with Gasteiger partial charge < -0.3 is 10.6 Å². The molecule has 1 fully saturated rings. The van der Waals surface area contributed by atoms with Crippen LogP contribution in [0.4, 0.5) is 0 Å². The van der Waals surface area contributed by atoms with E-state index in [9.17, 15) is 4.79 Å². The Morgan fingerprint density at radius 2 is 2.18 bits per heavy atom. The van der Waals surface area contributed by atoms with E-state index in [1.165, 1.54) is 12.8 Å². The van der Waals surface area contributed by atoms with Crippen molar-refractivity contribution in [2.75, 3.05) is 33.2 Å². The summed E-state index contributed by atoms with van der Waals surface area (Å²) in [5.74, 6) is 0.790. The number of nitrogens with two attached hydrogens (primary N) is 1. The quantitative estimate of drug-likeness (QED) is 0.822. The van der Waals surface area contributed by atoms with Crippen molar-refractivity contribution >= 4 is 18.3 Å². The Hall–Kier alpha value is -0.320. The standard InChI is InChI=1S/C12H25N3O.ClH/c1-10(2)14(3)12(16)9-15-6-4-5-11(7-13)8-15;/h10-11H,4-9,13H2,1-3H3;1H. The Labute approximate surface area is 111 Å². The normalized spacial score (nSPS) is 21.1. The third-order valence-electron chi connectivity index (χ3n) is 3.46. The van der Waals surface area contributed by atoms with E-state index in [0.717, 1.165) is 19.6 Å². The second kappa shape index (κ2) is 7.90. The molecule has 1 amide bonds. The second-order valence-electron chi connectivity index (χ2n) is 5.08. The Kier molecular flexibility index (Phi) is 7.75. The summed E-state index contributed by atoms with van der Waals surface area (Å²) in [6, 6.07) is 0.280. The first-order chi connectivity index (χ1) is 7.54. The fourth-order valence-electron chi connectivity index (χ4n) is 2.08. The molecule has 0 bridgehead atoms. The number of hydrogen-bond donors (Lipinski definition) is 1. The summed E-state index contributed by atoms with van der Waals surface area (Å²) in [4.78, 5) is 16.0. The molecular weight excluding hydrogens is 238 g/mol. The average Bonchev–Trinajstić information content (AvgIpc) is 2.28. The van der Waals surface area contributed by atoms with Crippen LogP contribution in [0.1, 0.15) is 26.7 Å². The molecule has 1 heterocycles. The summed E-state index contributed by atoms with van der Waals surface area (Å²) in [6.07, 6.45) is 2.38. The lowest BCUT2D eigenvalue weighted by atomic mass is 9.98. The number of carbonyl (C=O) groups excluding carboxylic acids is 1. The number of nitrogens with zero attached hydrogens (tertiary/aromatic N) is 2. The van der Waals surface area contributed by atoms with Gasteiger partial charge in [0, 0.05) is 19.6 Å². The van der Waals surface area contributed by atoms with Crippen LogP contribution in [0, 0.1) is 5.92 Å². The number of amides is 1. The fraction of sp³-hybridized carbons (Fsp3) is 0.917. The van der Waals surface area contributed by atoms with Crippen molar-refractivity contribution < 1.29 is 4.79 Å². The van der Waals surface area contributed by atoms with Gasteiger partial charge in [-0.15, -0.1) is 12.4 Å². The zero-order chi connectivity index (χ0) is 12.1. The van der Waals surface area contributed by atoms with Crippen LogP contribution in [0.2, 0.25) is 0 Å². The molecule has 1 aliphatic rings. The lowest BCUT2D eigenvalue weighted by Crippen LogP contribution is -2.45. The van der Waals surface area contributed by atoms with Crippen LogP contribution >= 0.6 is 12.4 Å². The topological polar surface area (TPSA) is 49.6 Å². The zero-order valence-electron chi connectivity index (χ0n) is 11.2. The Bertz CT molecular complexity index is 236. The number of halogens is 1. The van der Waals surface area contributed by atoms with Crippen LogP contribution in [-0.4, -0.2) is 55.0 Å². The van der Waals surface area contributed by atoms with Crippen molar-refractivity contribution in [3.8, 4) is 0 Å². The Balaban J connectivity index is 0.00000256. The highest BCUT2D eigenvalue weighted by Gasteiger charge is 2.22. The van der Waals surface area contributed by atoms with Gasteiger partial charge in [-0.2, -0.15) is 0 Å². The monoisotopic (exact) mass is 263 g/mol. The number of carbonyl (C=O) groups is 1. The summed E-state index contributed by atoms with van der Waals surface area (Å²) in [6.45, 7) is 7.38. The third kappa shape index (κ3) is 5.23. The number of piperidine rings is 1. The van der Waals surface area contributed by atoms with E-state index in [1.54, 1.807) is 0 Å². The maximum atomic E-state index is 11.9. The van der Waals surface area contributed by atoms with Gasteiger partial charge in [0.05, 0.1) is 6.54 Å². The molecule has 0 saturated carbocycles. The number of likely N-dealkylation sites (N-methyl/N-ethyl adjacent to an activating group) is 1. The summed E-state index contributed by atoms with van der Waals surface area (Å²) >= 11 is 0. The molecule has 1 atom stereocenters. The van der Waals surface area contributed by atoms with E-state index in [4.69, 9.17) is 5.73 Å². The Morgan fingerprint density at radius 3 is 2.71 bits per heavy atom. The minimum Gasteiger partial charge on any atom is -0.342 e. The van der Waals surface area contributed by atoms with Crippen LogP contribution in [0.3, 0.4) is 0 Å². The molecule has 0 aromatic carbocycles. The number of likely N-dealkylation sites (tertiary alicyclic amines) is 1. The molecule has 0 aromatic heterocycles. The summed E-state index contributed by atoms with van der Waals surface area (Å²) in [7, 11) is 1.87. The van der Waals surface area contributed by atoms with Gasteiger partial charge in [-0.05, 0) is 45.7 Å². The highest BCUT2D eigenvalue weighted by atomic mass is 35.5. The zero-order valence-corrected chi connectivity index (χ0v) is 12.0. The van der Waals surface area contributed by atoms with Crippen LogP contribution in [0.5, 0.6) is 0 Å². The van der Waals surface area contributed by atoms with Crippen LogP contribution in [0.25, 0.3) is 0 Å². The first kappa shape index (κ1) is 16.7. The third-order valence-corrected chi connectivity index (χ3v) is 3.46. The molecule has 0 radical (unpaired) electrons. The van der Waals surface area contributed by atoms with Gasteiger partial charge in [-0.25, -0.2) is 0 Å². The minimum atomic E-state index is 0. The largest absolute Gasteiger partial charge is 0.342 e. The molecule has 1 aliphatic heterocycles. The molecule has 17 heavy (non-hydrogen) atoms. The van der Waals surface area contributed by atoms with Crippen molar-refractivity contribution in [1.29, 1.82) is 0 Å². The van der Waals surface area contributed by atoms with Gasteiger partial charge >= 0.3 is 0 Å². The molecule has 0 spiro atoms. The fourth-order valence-corrected chi connectivity index (χ4v) is 2.08. The Morgan fingerprint density at radius 1 is 1.53 bits per heavy atom. The molecule has 0 aliphatic carbocycles. The van der Waals surface area contributed by atoms with Crippen LogP contribution in [-0.2, 0) is 4.79 Å². The van der Waals surface area contributed by atoms with Crippen molar-refractivity contribution in [2.45, 2.75) is 32.7 Å². The molecule has 5 heteroatoms. The van der Waals surface area contributed by atoms with E-state index in [0.29, 0.717) is 12.5 Å². The van der Waals surface area contributed by atoms with Crippen molar-refractivity contribution in [2.24, 2.45) is 11.7 Å². The minimum absolute atomic E-state index is 0. The number of hydrogen-bond acceptors (Lipinski definition) is 3. The van der Waals surface area contributed by atoms with E-state index >= 15 is 0 Å². The maximum Gasteiger partial charge on any atom is 0.236 e. The van der Waals surface area contributed by atoms with Crippen molar-refractivity contribution in [3.05, 3.63) is 0 Å². The van der Waals surface area contributed by atoms with Gasteiger partial charge in [0.25, 0.3) is 0 Å². The van der Waals surface area contributed by atoms with Crippen molar-refractivity contribution in [3.63, 3.8) is 0 Å². The lowest BCUT2D eigenvalue weighted by Gasteiger charge is -2.33. The molecular formula is C12H26ClN3O. The summed E-state index contributed by atoms with van der Waals surface area (Å²) in [5.41, 5.74) is 5.68. The van der Waals surface area contributed by atoms with Crippen LogP contribution < -0.4 is 5.73 Å². The van der Waals surface area contributed by atoms with Crippen molar-refractivity contribution in [1.82, 2.24) is 9.80 Å². The van der Waals surface area contributed by atoms with E-state index in [-0.39, 0.29) is 24.4 Å². The van der Waals surface area contributed by atoms with Gasteiger partial charge in [0.15, 0.2) is 0 Å². The molecule has 0 aromatic rings. The van der Waals surface area contributed by atoms with Gasteiger partial charge in [0.2, 0.25) is 5.91 Å². The maximum absolute atomic E-state index is 11.9. The average molecular weight is 264 g/mol. The molecule has 4 nitrogen and oxygen atoms in total. The predicted octanol–water partition coefficient (Wildman–Crippen LogP) is 0.946. The van der Waals surface area contributed by atoms with Gasteiger partial charge in [-0.1, -0.05) is 0 Å². The molecule has 2 N–H and O–H groups in total. The second-order valence-corrected chi connectivity index (χ2v) is 5.08. The molecule has 1 rings (SSSR count). The molecule has 1 saturated heterocycles. The molecule has 102 valence electrons. The first-order valence-corrected chi connectivity index (χ1v) is 6.22. The lowest BCUT2D eigenvalue weighted by molar-refractivity contribution is -0.133. The first-order valence-electron chi connectivity index (χ1n) is 6.22. The van der Waals surface area contributed by atoms with Gasteiger partial charge in [-0.3, -0.25) is 9.69 Å². The summed E-state index contributed by atoms with van der Waals surface area (Å²) < 4.78 is 0. The highest BCUT2D eigenvalue weighted by Crippen LogP contribution is 2.15.